The van der Waals surface area contributed by atoms with Gasteiger partial charge in [-0.05, 0) is 36.4 Å². The summed E-state index contributed by atoms with van der Waals surface area (Å²) in [6.45, 7) is 7.51. The van der Waals surface area contributed by atoms with Crippen LogP contribution in [0, 0.1) is 11.2 Å². The van der Waals surface area contributed by atoms with Crippen molar-refractivity contribution in [2.24, 2.45) is 0 Å². The predicted octanol–water partition coefficient (Wildman–Crippen LogP) is 5.01. The lowest BCUT2D eigenvalue weighted by Crippen LogP contribution is -2.39. The highest BCUT2D eigenvalue weighted by atomic mass is 19.1. The van der Waals surface area contributed by atoms with Crippen LogP contribution < -0.4 is 10.1 Å². The van der Waals surface area contributed by atoms with Crippen molar-refractivity contribution in [1.29, 1.82) is 5.41 Å². The molecule has 4 rings (SSSR count). The van der Waals surface area contributed by atoms with Crippen LogP contribution in [0.4, 0.5) is 19.7 Å². The van der Waals surface area contributed by atoms with Gasteiger partial charge in [-0.3, -0.25) is 5.32 Å². The fourth-order valence-electron chi connectivity index (χ4n) is 3.62. The molecule has 1 aromatic carbocycles. The largest absolute Gasteiger partial charge is 0.453 e. The summed E-state index contributed by atoms with van der Waals surface area (Å²) in [6, 6.07) is 7.39. The molecule has 11 heteroatoms. The van der Waals surface area contributed by atoms with Crippen LogP contribution in [0.15, 0.2) is 68.0 Å². The first-order chi connectivity index (χ1) is 17.4. The molecule has 186 valence electrons. The Hall–Kier alpha value is -4.67. The van der Waals surface area contributed by atoms with Crippen molar-refractivity contribution in [2.45, 2.75) is 18.1 Å². The number of pyridine rings is 1. The van der Waals surface area contributed by atoms with Gasteiger partial charge in [0.15, 0.2) is 17.2 Å². The topological polar surface area (TPSA) is 130 Å². The molecule has 36 heavy (non-hydrogen) atoms. The maximum Gasteiger partial charge on any atom is 0.411 e. The van der Waals surface area contributed by atoms with Gasteiger partial charge in [0.2, 0.25) is 0 Å². The molecule has 1 saturated heterocycles. The van der Waals surface area contributed by atoms with Gasteiger partial charge in [-0.15, -0.1) is 0 Å². The average molecular weight is 493 g/mol. The van der Waals surface area contributed by atoms with Crippen molar-refractivity contribution < 1.29 is 28.2 Å². The average Bonchev–Trinajstić information content (AvgIpc) is 3.54. The van der Waals surface area contributed by atoms with E-state index in [1.807, 2.05) is 0 Å². The highest BCUT2D eigenvalue weighted by Crippen LogP contribution is 2.31. The molecule has 1 atom stereocenters. The Bertz CT molecular complexity index is 1300. The number of nitrogens with one attached hydrogen (secondary N) is 3. The minimum atomic E-state index is -1.40. The summed E-state index contributed by atoms with van der Waals surface area (Å²) in [6.07, 6.45) is 5.07. The third kappa shape index (κ3) is 5.19. The molecular formula is C25H24FN5O5. The van der Waals surface area contributed by atoms with E-state index in [4.69, 9.17) is 19.6 Å². The fourth-order valence-corrected chi connectivity index (χ4v) is 3.62. The molecule has 2 aromatic heterocycles. The van der Waals surface area contributed by atoms with Crippen molar-refractivity contribution >= 4 is 35.1 Å². The Morgan fingerprint density at radius 3 is 2.78 bits per heavy atom. The van der Waals surface area contributed by atoms with Gasteiger partial charge in [-0.2, -0.15) is 0 Å². The Morgan fingerprint density at radius 2 is 2.06 bits per heavy atom. The number of carbonyl (C=O) groups is 2. The summed E-state index contributed by atoms with van der Waals surface area (Å²) in [7, 11) is 0. The number of ether oxygens (including phenoxy) is 3. The van der Waals surface area contributed by atoms with Crippen LogP contribution in [0.5, 0.6) is 11.5 Å². The Labute approximate surface area is 205 Å². The minimum absolute atomic E-state index is 0.0207. The van der Waals surface area contributed by atoms with Gasteiger partial charge in [0.1, 0.15) is 17.5 Å². The second kappa shape index (κ2) is 10.3. The first-order valence-electron chi connectivity index (χ1n) is 11.0. The van der Waals surface area contributed by atoms with Gasteiger partial charge < -0.3 is 29.5 Å². The molecule has 1 fully saturated rings. The van der Waals surface area contributed by atoms with Crippen LogP contribution in [-0.4, -0.2) is 58.1 Å². The third-order valence-corrected chi connectivity index (χ3v) is 5.62. The van der Waals surface area contributed by atoms with E-state index in [0.29, 0.717) is 29.7 Å². The van der Waals surface area contributed by atoms with E-state index >= 15 is 0 Å². The first kappa shape index (κ1) is 24.5. The highest BCUT2D eigenvalue weighted by Gasteiger charge is 2.34. The van der Waals surface area contributed by atoms with Gasteiger partial charge in [-0.1, -0.05) is 13.2 Å². The highest BCUT2D eigenvalue weighted by molar-refractivity contribution is 5.85. The summed E-state index contributed by atoms with van der Waals surface area (Å²) < 4.78 is 31.0. The number of hydrogen-bond acceptors (Lipinski definition) is 7. The van der Waals surface area contributed by atoms with Crippen LogP contribution in [0.1, 0.15) is 6.42 Å². The second-order valence-electron chi connectivity index (χ2n) is 7.96. The molecule has 3 N–H and O–H groups in total. The molecule has 0 spiro atoms. The quantitative estimate of drug-likeness (QED) is 0.299. The summed E-state index contributed by atoms with van der Waals surface area (Å²) in [4.78, 5) is 33.2. The lowest BCUT2D eigenvalue weighted by atomic mass is 10.1. The molecule has 0 aliphatic carbocycles. The number of aromatic nitrogens is 2. The molecule has 3 aromatic rings. The van der Waals surface area contributed by atoms with Crippen molar-refractivity contribution in [2.75, 3.05) is 18.4 Å². The number of carbonyl (C=O) groups excluding carboxylic acids is 2. The van der Waals surface area contributed by atoms with Crippen molar-refractivity contribution in [3.63, 3.8) is 0 Å². The Kier molecular flexibility index (Phi) is 7.00. The van der Waals surface area contributed by atoms with Crippen LogP contribution in [0.25, 0.3) is 11.0 Å². The number of anilines is 1. The number of H-pyrrole nitrogens is 1. The van der Waals surface area contributed by atoms with E-state index in [0.717, 1.165) is 12.3 Å². The summed E-state index contributed by atoms with van der Waals surface area (Å²) >= 11 is 0. The second-order valence-corrected chi connectivity index (χ2v) is 7.96. The van der Waals surface area contributed by atoms with Crippen molar-refractivity contribution in [3.05, 3.63) is 73.9 Å². The molecule has 1 aliphatic rings. The molecule has 1 unspecified atom stereocenters. The molecule has 0 saturated carbocycles. The molecule has 2 amide bonds. The van der Waals surface area contributed by atoms with Crippen LogP contribution in [-0.2, 0) is 9.47 Å². The number of aromatic amines is 1. The first-order valence-corrected chi connectivity index (χ1v) is 11.0. The normalized spacial score (nSPS) is 15.2. The van der Waals surface area contributed by atoms with E-state index in [9.17, 15) is 14.0 Å². The predicted molar refractivity (Wildman–Crippen MR) is 131 cm³/mol. The SMILES string of the molecule is C=CC(C=C)(C=N)OC(=O)N1CCC(OC(=O)Nc2ccc(Oc3ccnc4[nH]ccc34)c(F)c2)C1. The Morgan fingerprint density at radius 1 is 1.25 bits per heavy atom. The van der Waals surface area contributed by atoms with Gasteiger partial charge in [0, 0.05) is 43.3 Å². The zero-order valence-corrected chi connectivity index (χ0v) is 19.2. The lowest BCUT2D eigenvalue weighted by Gasteiger charge is -2.25. The van der Waals surface area contributed by atoms with Gasteiger partial charge in [-0.25, -0.2) is 19.0 Å². The van der Waals surface area contributed by atoms with Crippen molar-refractivity contribution in [1.82, 2.24) is 14.9 Å². The summed E-state index contributed by atoms with van der Waals surface area (Å²) in [5.74, 6) is -0.265. The lowest BCUT2D eigenvalue weighted by molar-refractivity contribution is 0.0747. The van der Waals surface area contributed by atoms with Crippen LogP contribution in [0.3, 0.4) is 0 Å². The van der Waals surface area contributed by atoms with E-state index in [2.05, 4.69) is 28.4 Å². The maximum absolute atomic E-state index is 14.7. The zero-order valence-electron chi connectivity index (χ0n) is 19.2. The fraction of sp³-hybridized carbons (Fsp3) is 0.200. The minimum Gasteiger partial charge on any atom is -0.453 e. The molecular weight excluding hydrogens is 469 g/mol. The number of halogens is 1. The molecule has 3 heterocycles. The van der Waals surface area contributed by atoms with Crippen LogP contribution >= 0.6 is 0 Å². The standard InChI is InChI=1S/C25H24FN5O5/c1-3-25(4-2,15-27)36-24(33)31-12-9-17(14-31)34-23(32)30-16-5-6-21(19(26)13-16)35-20-8-11-29-22-18(20)7-10-28-22/h3-8,10-11,13,15,17,27H,1-2,9,12,14H2,(H,28,29)(H,30,32). The molecule has 1 aliphatic heterocycles. The van der Waals surface area contributed by atoms with E-state index in [1.54, 1.807) is 24.5 Å². The number of amides is 2. The number of likely N-dealkylation sites (tertiary alicyclic amines) is 1. The zero-order chi connectivity index (χ0) is 25.7. The van der Waals surface area contributed by atoms with E-state index < -0.39 is 29.7 Å². The molecule has 0 radical (unpaired) electrons. The molecule has 0 bridgehead atoms. The number of nitrogens with zero attached hydrogens (tertiary/aromatic N) is 2. The maximum atomic E-state index is 14.7. The van der Waals surface area contributed by atoms with Crippen molar-refractivity contribution in [3.8, 4) is 11.5 Å². The number of rotatable bonds is 8. The van der Waals surface area contributed by atoms with Gasteiger partial charge >= 0.3 is 12.2 Å². The Balaban J connectivity index is 1.31. The van der Waals surface area contributed by atoms with Crippen LogP contribution in [0.2, 0.25) is 0 Å². The molecule has 10 nitrogen and oxygen atoms in total. The summed E-state index contributed by atoms with van der Waals surface area (Å²) in [5.41, 5.74) is -0.616. The number of benzene rings is 1. The van der Waals surface area contributed by atoms with Gasteiger partial charge in [0.05, 0.1) is 11.9 Å². The van der Waals surface area contributed by atoms with Gasteiger partial charge in [0.25, 0.3) is 0 Å². The smallest absolute Gasteiger partial charge is 0.411 e. The van der Waals surface area contributed by atoms with E-state index in [-0.39, 0.29) is 18.0 Å². The number of hydrogen-bond donors (Lipinski definition) is 3. The van der Waals surface area contributed by atoms with E-state index in [1.165, 1.54) is 29.2 Å². The summed E-state index contributed by atoms with van der Waals surface area (Å²) in [5, 5.41) is 10.6. The monoisotopic (exact) mass is 493 g/mol. The third-order valence-electron chi connectivity index (χ3n) is 5.62. The number of fused-ring (bicyclic) bond motifs is 1.